The van der Waals surface area contributed by atoms with Crippen molar-refractivity contribution >= 4 is 16.7 Å². The Hall–Kier alpha value is -2.45. The molecule has 3 heterocycles. The third-order valence-corrected chi connectivity index (χ3v) is 4.72. The van der Waals surface area contributed by atoms with Gasteiger partial charge in [-0.25, -0.2) is 9.37 Å². The van der Waals surface area contributed by atoms with Crippen molar-refractivity contribution in [3.8, 4) is 11.4 Å². The van der Waals surface area contributed by atoms with Crippen LogP contribution >= 0.6 is 0 Å². The molecule has 2 atom stereocenters. The first-order valence-electron chi connectivity index (χ1n) is 8.58. The molecule has 3 aromatic rings. The average Bonchev–Trinajstić information content (AvgIpc) is 3.19. The Labute approximate surface area is 150 Å². The minimum absolute atomic E-state index is 0.0277. The summed E-state index contributed by atoms with van der Waals surface area (Å²) in [6.45, 7) is 4.71. The van der Waals surface area contributed by atoms with Gasteiger partial charge in [0.2, 0.25) is 5.58 Å². The van der Waals surface area contributed by atoms with Crippen LogP contribution in [0.4, 0.5) is 10.1 Å². The van der Waals surface area contributed by atoms with Crippen molar-refractivity contribution in [2.45, 2.75) is 32.7 Å². The number of morpholine rings is 1. The number of aromatic nitrogens is 3. The topological polar surface area (TPSA) is 76.5 Å². The number of hydrogen-bond donors (Lipinski definition) is 1. The van der Waals surface area contributed by atoms with Crippen LogP contribution in [0.3, 0.4) is 0 Å². The summed E-state index contributed by atoms with van der Waals surface area (Å²) in [6, 6.07) is 1.75. The summed E-state index contributed by atoms with van der Waals surface area (Å²) in [7, 11) is 1.83. The summed E-state index contributed by atoms with van der Waals surface area (Å²) in [5, 5.41) is 14.5. The number of anilines is 1. The summed E-state index contributed by atoms with van der Waals surface area (Å²) in [5.74, 6) is -0.506. The average molecular weight is 360 g/mol. The van der Waals surface area contributed by atoms with Gasteiger partial charge in [-0.3, -0.25) is 0 Å². The lowest BCUT2D eigenvalue weighted by Gasteiger charge is -2.37. The Balaban J connectivity index is 1.88. The van der Waals surface area contributed by atoms with Gasteiger partial charge < -0.3 is 23.8 Å². The molecule has 0 aliphatic carbocycles. The van der Waals surface area contributed by atoms with Crippen molar-refractivity contribution in [3.63, 3.8) is 0 Å². The molecule has 1 aromatic carbocycles. The van der Waals surface area contributed by atoms with Gasteiger partial charge in [0.1, 0.15) is 5.69 Å². The summed E-state index contributed by atoms with van der Waals surface area (Å²) >= 11 is 0. The van der Waals surface area contributed by atoms with Crippen LogP contribution in [0.15, 0.2) is 23.1 Å². The summed E-state index contributed by atoms with van der Waals surface area (Å²) < 4.78 is 28.2. The third-order valence-electron chi connectivity index (χ3n) is 4.72. The molecule has 26 heavy (non-hydrogen) atoms. The highest BCUT2D eigenvalue weighted by molar-refractivity contribution is 5.94. The maximum absolute atomic E-state index is 15.4. The van der Waals surface area contributed by atoms with E-state index >= 15 is 4.39 Å². The molecule has 1 aliphatic rings. The molecule has 0 amide bonds. The number of aliphatic hydroxyl groups excluding tert-OH is 1. The molecule has 138 valence electrons. The quantitative estimate of drug-likeness (QED) is 0.773. The first-order valence-corrected chi connectivity index (χ1v) is 8.58. The van der Waals surface area contributed by atoms with E-state index in [4.69, 9.17) is 9.26 Å². The molecule has 0 radical (unpaired) electrons. The number of imidazole rings is 1. The second-order valence-corrected chi connectivity index (χ2v) is 6.82. The second kappa shape index (κ2) is 6.37. The van der Waals surface area contributed by atoms with Gasteiger partial charge >= 0.3 is 0 Å². The van der Waals surface area contributed by atoms with Crippen LogP contribution in [0.5, 0.6) is 0 Å². The van der Waals surface area contributed by atoms with E-state index < -0.39 is 5.82 Å². The van der Waals surface area contributed by atoms with Crippen molar-refractivity contribution < 1.29 is 18.8 Å². The van der Waals surface area contributed by atoms with Crippen molar-refractivity contribution in [1.82, 2.24) is 14.7 Å². The van der Waals surface area contributed by atoms with Crippen molar-refractivity contribution in [1.29, 1.82) is 0 Å². The molecule has 0 spiro atoms. The lowest BCUT2D eigenvalue weighted by atomic mass is 10.0. The van der Waals surface area contributed by atoms with Gasteiger partial charge in [0.25, 0.3) is 0 Å². The monoisotopic (exact) mass is 360 g/mol. The number of benzene rings is 1. The standard InChI is InChI=1S/C18H21FN4O3/c1-10-6-23(7-11(2)25-10)17-12(8-24)4-13-16(14-5-20-9-22(14)3)21-26-18(13)15(17)19/h4-5,9-11,24H,6-8H2,1-3H3/t10-,11+. The molecule has 0 saturated carbocycles. The van der Waals surface area contributed by atoms with Crippen molar-refractivity contribution in [3.05, 3.63) is 30.0 Å². The minimum atomic E-state index is -0.506. The molecule has 1 saturated heterocycles. The fraction of sp³-hybridized carbons (Fsp3) is 0.444. The predicted octanol–water partition coefficient (Wildman–Crippen LogP) is 2.47. The Morgan fingerprint density at radius 2 is 2.04 bits per heavy atom. The van der Waals surface area contributed by atoms with E-state index in [0.717, 1.165) is 0 Å². The van der Waals surface area contributed by atoms with Gasteiger partial charge in [-0.2, -0.15) is 0 Å². The molecule has 1 fully saturated rings. The van der Waals surface area contributed by atoms with E-state index in [0.29, 0.717) is 41.1 Å². The predicted molar refractivity (Wildman–Crippen MR) is 94.3 cm³/mol. The zero-order valence-corrected chi connectivity index (χ0v) is 14.9. The molecular weight excluding hydrogens is 339 g/mol. The highest BCUT2D eigenvalue weighted by atomic mass is 19.1. The second-order valence-electron chi connectivity index (χ2n) is 6.82. The molecule has 0 unspecified atom stereocenters. The van der Waals surface area contributed by atoms with Crippen LogP contribution in [-0.2, 0) is 18.4 Å². The fourth-order valence-corrected chi connectivity index (χ4v) is 3.67. The highest BCUT2D eigenvalue weighted by Crippen LogP contribution is 2.37. The number of rotatable bonds is 3. The van der Waals surface area contributed by atoms with Crippen LogP contribution in [-0.4, -0.2) is 45.1 Å². The van der Waals surface area contributed by atoms with Crippen molar-refractivity contribution in [2.75, 3.05) is 18.0 Å². The minimum Gasteiger partial charge on any atom is -0.392 e. The van der Waals surface area contributed by atoms with Gasteiger partial charge in [0, 0.05) is 25.7 Å². The van der Waals surface area contributed by atoms with Gasteiger partial charge in [-0.15, -0.1) is 0 Å². The van der Waals surface area contributed by atoms with Gasteiger partial charge in [-0.1, -0.05) is 5.16 Å². The molecule has 8 heteroatoms. The molecule has 1 aliphatic heterocycles. The van der Waals surface area contributed by atoms with Crippen molar-refractivity contribution in [2.24, 2.45) is 7.05 Å². The lowest BCUT2D eigenvalue weighted by molar-refractivity contribution is -0.00549. The van der Waals surface area contributed by atoms with Gasteiger partial charge in [0.05, 0.1) is 48.1 Å². The largest absolute Gasteiger partial charge is 0.392 e. The number of hydrogen-bond acceptors (Lipinski definition) is 6. The zero-order valence-electron chi connectivity index (χ0n) is 14.9. The van der Waals surface area contributed by atoms with E-state index in [-0.39, 0.29) is 24.4 Å². The Kier molecular flexibility index (Phi) is 4.16. The zero-order chi connectivity index (χ0) is 18.4. The van der Waals surface area contributed by atoms with Gasteiger partial charge in [-0.05, 0) is 19.9 Å². The maximum Gasteiger partial charge on any atom is 0.205 e. The molecule has 7 nitrogen and oxygen atoms in total. The number of aryl methyl sites for hydroxylation is 1. The van der Waals surface area contributed by atoms with E-state index in [1.54, 1.807) is 23.2 Å². The number of halogens is 1. The number of ether oxygens (including phenoxy) is 1. The molecule has 1 N–H and O–H groups in total. The SMILES string of the molecule is C[C@@H]1CN(c2c(CO)cc3c(-c4cncn4C)noc3c2F)C[C@H](C)O1. The first kappa shape index (κ1) is 17.0. The van der Waals surface area contributed by atoms with Crippen LogP contribution in [0.2, 0.25) is 0 Å². The summed E-state index contributed by atoms with van der Waals surface area (Å²) in [6.07, 6.45) is 3.23. The molecule has 2 aromatic heterocycles. The Morgan fingerprint density at radius 3 is 2.65 bits per heavy atom. The van der Waals surface area contributed by atoms with Crippen LogP contribution < -0.4 is 4.90 Å². The third kappa shape index (κ3) is 2.65. The van der Waals surface area contributed by atoms with Gasteiger partial charge in [0.15, 0.2) is 5.82 Å². The van der Waals surface area contributed by atoms with E-state index in [1.165, 1.54) is 0 Å². The van der Waals surface area contributed by atoms with E-state index in [1.807, 2.05) is 25.8 Å². The Bertz CT molecular complexity index is 941. The summed E-state index contributed by atoms with van der Waals surface area (Å²) in [5.41, 5.74) is 2.16. The van der Waals surface area contributed by atoms with Crippen LogP contribution in [0.1, 0.15) is 19.4 Å². The molecule has 0 bridgehead atoms. The lowest BCUT2D eigenvalue weighted by Crippen LogP contribution is -2.46. The highest BCUT2D eigenvalue weighted by Gasteiger charge is 2.29. The number of nitrogens with zero attached hydrogens (tertiary/aromatic N) is 4. The van der Waals surface area contributed by atoms with Crippen LogP contribution in [0.25, 0.3) is 22.4 Å². The smallest absolute Gasteiger partial charge is 0.205 e. The van der Waals surface area contributed by atoms with E-state index in [2.05, 4.69) is 10.1 Å². The fourth-order valence-electron chi connectivity index (χ4n) is 3.67. The maximum atomic E-state index is 15.4. The Morgan fingerprint density at radius 1 is 1.31 bits per heavy atom. The number of aliphatic hydroxyl groups is 1. The van der Waals surface area contributed by atoms with E-state index in [9.17, 15) is 5.11 Å². The molecule has 4 rings (SSSR count). The first-order chi connectivity index (χ1) is 12.5. The summed E-state index contributed by atoms with van der Waals surface area (Å²) in [4.78, 5) is 5.98. The molecular formula is C18H21FN4O3. The normalized spacial score (nSPS) is 20.9. The van der Waals surface area contributed by atoms with Crippen LogP contribution in [0, 0.1) is 5.82 Å². The number of fused-ring (bicyclic) bond motifs is 1.